The molecule has 2 aromatic carbocycles. The van der Waals surface area contributed by atoms with Crippen molar-refractivity contribution in [1.29, 1.82) is 0 Å². The van der Waals surface area contributed by atoms with Crippen molar-refractivity contribution in [3.8, 4) is 22.1 Å². The van der Waals surface area contributed by atoms with Crippen molar-refractivity contribution >= 4 is 34.1 Å². The normalized spacial score (nSPS) is 12.4. The second-order valence-electron chi connectivity index (χ2n) is 7.70. The third-order valence-corrected chi connectivity index (χ3v) is 6.28. The highest BCUT2D eigenvalue weighted by molar-refractivity contribution is 7.13. The van der Waals surface area contributed by atoms with E-state index in [-0.39, 0.29) is 12.5 Å². The lowest BCUT2D eigenvalue weighted by Gasteiger charge is -2.18. The molecule has 1 aliphatic heterocycles. The van der Waals surface area contributed by atoms with Crippen LogP contribution in [0.4, 0.5) is 0 Å². The maximum Gasteiger partial charge on any atom is 0.339 e. The Bertz CT molecular complexity index is 1340. The summed E-state index contributed by atoms with van der Waals surface area (Å²) in [5.74, 6) is 0.536. The predicted octanol–water partition coefficient (Wildman–Crippen LogP) is 4.25. The molecule has 5 rings (SSSR count). The maximum absolute atomic E-state index is 12.9. The zero-order chi connectivity index (χ0) is 23.3. The molecule has 7 nitrogen and oxygen atoms in total. The number of pyridine rings is 1. The number of fused-ring (bicyclic) bond motifs is 2. The third kappa shape index (κ3) is 4.87. The Hall–Kier alpha value is -3.91. The van der Waals surface area contributed by atoms with Crippen LogP contribution in [-0.4, -0.2) is 43.2 Å². The molecule has 0 aliphatic carbocycles. The van der Waals surface area contributed by atoms with Gasteiger partial charge in [0.25, 0.3) is 5.91 Å². The minimum Gasteiger partial charge on any atom is -0.486 e. The monoisotopic (exact) mass is 474 g/mol. The molecule has 0 fully saturated rings. The van der Waals surface area contributed by atoms with Crippen LogP contribution in [0.2, 0.25) is 0 Å². The second-order valence-corrected chi connectivity index (χ2v) is 8.65. The number of ether oxygens (including phenoxy) is 3. The summed E-state index contributed by atoms with van der Waals surface area (Å²) >= 11 is 1.54. The van der Waals surface area contributed by atoms with Gasteiger partial charge in [0.05, 0.1) is 21.7 Å². The number of amides is 1. The van der Waals surface area contributed by atoms with Crippen LogP contribution in [0.15, 0.2) is 66.0 Å². The number of carbonyl (C=O) groups excluding carboxylic acids is 2. The van der Waals surface area contributed by atoms with Gasteiger partial charge in [0.15, 0.2) is 18.1 Å². The highest BCUT2D eigenvalue weighted by atomic mass is 32.1. The molecule has 4 aromatic rings. The minimum absolute atomic E-state index is 0.356. The van der Waals surface area contributed by atoms with Gasteiger partial charge in [0, 0.05) is 11.9 Å². The first-order valence-electron chi connectivity index (χ1n) is 10.9. The fourth-order valence-corrected chi connectivity index (χ4v) is 4.43. The minimum atomic E-state index is -0.557. The highest BCUT2D eigenvalue weighted by Gasteiger charge is 2.17. The number of nitrogens with one attached hydrogen (secondary N) is 1. The van der Waals surface area contributed by atoms with Crippen LogP contribution in [0.25, 0.3) is 21.5 Å². The molecule has 0 bridgehead atoms. The number of thiophene rings is 1. The Kier molecular flexibility index (Phi) is 6.40. The molecule has 0 saturated carbocycles. The van der Waals surface area contributed by atoms with Gasteiger partial charge >= 0.3 is 5.97 Å². The summed E-state index contributed by atoms with van der Waals surface area (Å²) in [6, 6.07) is 18.7. The Morgan fingerprint density at radius 1 is 1.00 bits per heavy atom. The first-order chi connectivity index (χ1) is 16.7. The van der Waals surface area contributed by atoms with Crippen LogP contribution < -0.4 is 14.8 Å². The summed E-state index contributed by atoms with van der Waals surface area (Å²) in [5.41, 5.74) is 2.80. The lowest BCUT2D eigenvalue weighted by Crippen LogP contribution is -2.30. The van der Waals surface area contributed by atoms with Gasteiger partial charge < -0.3 is 19.5 Å². The molecule has 0 spiro atoms. The molecule has 0 atom stereocenters. The number of rotatable bonds is 7. The SMILES string of the molecule is O=C(COC(=O)c1cc(-c2cccs2)nc2ccccc12)NCCc1ccc2c(c1)OCCO2. The van der Waals surface area contributed by atoms with E-state index in [2.05, 4.69) is 10.3 Å². The number of esters is 1. The van der Waals surface area contributed by atoms with E-state index >= 15 is 0 Å². The van der Waals surface area contributed by atoms with Crippen molar-refractivity contribution in [3.63, 3.8) is 0 Å². The van der Waals surface area contributed by atoms with E-state index in [4.69, 9.17) is 14.2 Å². The summed E-state index contributed by atoms with van der Waals surface area (Å²) in [7, 11) is 0. The molecule has 0 saturated heterocycles. The summed E-state index contributed by atoms with van der Waals surface area (Å²) in [5, 5.41) is 5.43. The largest absolute Gasteiger partial charge is 0.486 e. The summed E-state index contributed by atoms with van der Waals surface area (Å²) in [4.78, 5) is 30.8. The fourth-order valence-electron chi connectivity index (χ4n) is 3.74. The van der Waals surface area contributed by atoms with Crippen LogP contribution in [0.1, 0.15) is 15.9 Å². The fraction of sp³-hybridized carbons (Fsp3) is 0.192. The summed E-state index contributed by atoms with van der Waals surface area (Å²) in [6.45, 7) is 1.13. The van der Waals surface area contributed by atoms with Crippen LogP contribution >= 0.6 is 11.3 Å². The van der Waals surface area contributed by atoms with Gasteiger partial charge in [0.1, 0.15) is 13.2 Å². The molecule has 1 N–H and O–H groups in total. The number of hydrogen-bond donors (Lipinski definition) is 1. The van der Waals surface area contributed by atoms with E-state index in [0.29, 0.717) is 48.3 Å². The number of benzene rings is 2. The van der Waals surface area contributed by atoms with E-state index in [1.807, 2.05) is 60.0 Å². The zero-order valence-electron chi connectivity index (χ0n) is 18.3. The van der Waals surface area contributed by atoms with Crippen molar-refractivity contribution in [3.05, 3.63) is 77.2 Å². The molecule has 172 valence electrons. The highest BCUT2D eigenvalue weighted by Crippen LogP contribution is 2.31. The van der Waals surface area contributed by atoms with Gasteiger partial charge in [-0.05, 0) is 47.7 Å². The van der Waals surface area contributed by atoms with Gasteiger partial charge in [-0.3, -0.25) is 4.79 Å². The lowest BCUT2D eigenvalue weighted by molar-refractivity contribution is -0.124. The summed E-state index contributed by atoms with van der Waals surface area (Å²) < 4.78 is 16.4. The smallest absolute Gasteiger partial charge is 0.339 e. The molecule has 3 heterocycles. The van der Waals surface area contributed by atoms with Crippen molar-refractivity contribution in [2.45, 2.75) is 6.42 Å². The van der Waals surface area contributed by atoms with Gasteiger partial charge in [-0.15, -0.1) is 11.3 Å². The molecule has 8 heteroatoms. The van der Waals surface area contributed by atoms with Crippen LogP contribution in [-0.2, 0) is 16.0 Å². The first kappa shape index (κ1) is 21.9. The predicted molar refractivity (Wildman–Crippen MR) is 129 cm³/mol. The lowest BCUT2D eigenvalue weighted by atomic mass is 10.1. The molecule has 2 aromatic heterocycles. The number of nitrogens with zero attached hydrogens (tertiary/aromatic N) is 1. The van der Waals surface area contributed by atoms with Crippen molar-refractivity contribution in [1.82, 2.24) is 10.3 Å². The van der Waals surface area contributed by atoms with Gasteiger partial charge in [-0.25, -0.2) is 9.78 Å². The van der Waals surface area contributed by atoms with E-state index in [1.54, 1.807) is 17.4 Å². The maximum atomic E-state index is 12.9. The van der Waals surface area contributed by atoms with Crippen LogP contribution in [0.3, 0.4) is 0 Å². The average molecular weight is 475 g/mol. The van der Waals surface area contributed by atoms with E-state index in [1.165, 1.54) is 0 Å². The molecule has 1 aliphatic rings. The number of para-hydroxylation sites is 1. The van der Waals surface area contributed by atoms with E-state index in [9.17, 15) is 9.59 Å². The van der Waals surface area contributed by atoms with E-state index in [0.717, 1.165) is 21.9 Å². The topological polar surface area (TPSA) is 86.8 Å². The molecular formula is C26H22N2O5S. The quantitative estimate of drug-likeness (QED) is 0.403. The zero-order valence-corrected chi connectivity index (χ0v) is 19.1. The first-order valence-corrected chi connectivity index (χ1v) is 11.8. The van der Waals surface area contributed by atoms with Crippen molar-refractivity contribution in [2.24, 2.45) is 0 Å². The Labute approximate surface area is 200 Å². The van der Waals surface area contributed by atoms with Crippen LogP contribution in [0.5, 0.6) is 11.5 Å². The Morgan fingerprint density at radius 2 is 1.85 bits per heavy atom. The molecular weight excluding hydrogens is 452 g/mol. The summed E-state index contributed by atoms with van der Waals surface area (Å²) in [6.07, 6.45) is 0.621. The van der Waals surface area contributed by atoms with Crippen molar-refractivity contribution in [2.75, 3.05) is 26.4 Å². The Balaban J connectivity index is 1.19. The molecule has 1 amide bonds. The van der Waals surface area contributed by atoms with Crippen molar-refractivity contribution < 1.29 is 23.8 Å². The van der Waals surface area contributed by atoms with Gasteiger partial charge in [0.2, 0.25) is 0 Å². The van der Waals surface area contributed by atoms with Gasteiger partial charge in [-0.2, -0.15) is 0 Å². The average Bonchev–Trinajstić information content (AvgIpc) is 3.42. The number of hydrogen-bond acceptors (Lipinski definition) is 7. The molecule has 0 radical (unpaired) electrons. The number of aromatic nitrogens is 1. The molecule has 34 heavy (non-hydrogen) atoms. The standard InChI is InChI=1S/C26H22N2O5S/c29-25(27-10-9-17-7-8-22-23(14-17)32-12-11-31-22)16-33-26(30)19-15-21(24-6-3-13-34-24)28-20-5-2-1-4-18(19)20/h1-8,13-15H,9-12,16H2,(H,27,29). The van der Waals surface area contributed by atoms with E-state index < -0.39 is 5.97 Å². The Morgan fingerprint density at radius 3 is 2.71 bits per heavy atom. The second kappa shape index (κ2) is 9.93. The third-order valence-electron chi connectivity index (χ3n) is 5.39. The van der Waals surface area contributed by atoms with Crippen LogP contribution in [0, 0.1) is 0 Å². The van der Waals surface area contributed by atoms with Gasteiger partial charge in [-0.1, -0.05) is 30.3 Å². The molecule has 0 unspecified atom stereocenters. The number of carbonyl (C=O) groups is 2.